The molecular formula is C19H20N4O. The fourth-order valence-electron chi connectivity index (χ4n) is 3.53. The molecule has 5 heteroatoms. The Morgan fingerprint density at radius 1 is 1.17 bits per heavy atom. The molecule has 1 aliphatic heterocycles. The molecule has 2 aromatic carbocycles. The summed E-state index contributed by atoms with van der Waals surface area (Å²) in [4.78, 5) is 18.0. The first kappa shape index (κ1) is 14.8. The van der Waals surface area contributed by atoms with Crippen LogP contribution in [0.15, 0.2) is 42.5 Å². The Labute approximate surface area is 140 Å². The molecule has 1 aromatic heterocycles. The monoisotopic (exact) mass is 320 g/mol. The van der Waals surface area contributed by atoms with E-state index in [1.807, 2.05) is 32.3 Å². The summed E-state index contributed by atoms with van der Waals surface area (Å²) >= 11 is 0. The molecule has 4 rings (SSSR count). The second-order valence-corrected chi connectivity index (χ2v) is 6.55. The number of nitrogens with zero attached hydrogens (tertiary/aromatic N) is 1. The van der Waals surface area contributed by atoms with E-state index in [-0.39, 0.29) is 11.9 Å². The second kappa shape index (κ2) is 5.39. The van der Waals surface area contributed by atoms with E-state index in [4.69, 9.17) is 5.73 Å². The van der Waals surface area contributed by atoms with Gasteiger partial charge in [-0.1, -0.05) is 18.2 Å². The van der Waals surface area contributed by atoms with E-state index in [1.54, 1.807) is 12.1 Å². The van der Waals surface area contributed by atoms with Crippen molar-refractivity contribution >= 4 is 22.5 Å². The van der Waals surface area contributed by atoms with E-state index in [9.17, 15) is 4.79 Å². The smallest absolute Gasteiger partial charge is 0.252 e. The number of rotatable bonds is 3. The van der Waals surface area contributed by atoms with E-state index in [2.05, 4.69) is 27.3 Å². The maximum atomic E-state index is 12.4. The predicted octanol–water partition coefficient (Wildman–Crippen LogP) is 2.64. The largest absolute Gasteiger partial charge is 0.399 e. The van der Waals surface area contributed by atoms with Crippen molar-refractivity contribution in [1.29, 1.82) is 0 Å². The van der Waals surface area contributed by atoms with Gasteiger partial charge in [0, 0.05) is 40.0 Å². The zero-order chi connectivity index (χ0) is 16.8. The summed E-state index contributed by atoms with van der Waals surface area (Å²) in [5.74, 6) is -0.0453. The third-order valence-electron chi connectivity index (χ3n) is 4.50. The molecule has 3 aromatic rings. The van der Waals surface area contributed by atoms with Crippen molar-refractivity contribution in [3.8, 4) is 0 Å². The van der Waals surface area contributed by atoms with Gasteiger partial charge in [0.05, 0.1) is 6.04 Å². The van der Waals surface area contributed by atoms with Crippen molar-refractivity contribution in [3.63, 3.8) is 0 Å². The van der Waals surface area contributed by atoms with Crippen molar-refractivity contribution in [2.45, 2.75) is 12.6 Å². The predicted molar refractivity (Wildman–Crippen MR) is 95.9 cm³/mol. The van der Waals surface area contributed by atoms with Crippen LogP contribution in [0.5, 0.6) is 0 Å². The number of benzene rings is 2. The van der Waals surface area contributed by atoms with Gasteiger partial charge in [-0.2, -0.15) is 0 Å². The first-order valence-corrected chi connectivity index (χ1v) is 7.99. The highest BCUT2D eigenvalue weighted by Gasteiger charge is 2.33. The molecule has 0 spiro atoms. The minimum absolute atomic E-state index is 0.0453. The maximum Gasteiger partial charge on any atom is 0.252 e. The molecule has 0 fully saturated rings. The fraction of sp³-hybridized carbons (Fsp3) is 0.211. The SMILES string of the molecule is CN(C)Cc1[nH]c2ccccc2c1C1NC(=O)c2ccc(N)cc21. The maximum absolute atomic E-state index is 12.4. The topological polar surface area (TPSA) is 74.2 Å². The molecule has 0 bridgehead atoms. The van der Waals surface area contributed by atoms with Gasteiger partial charge in [-0.15, -0.1) is 0 Å². The van der Waals surface area contributed by atoms with Gasteiger partial charge in [-0.3, -0.25) is 4.79 Å². The lowest BCUT2D eigenvalue weighted by Gasteiger charge is -2.17. The van der Waals surface area contributed by atoms with Crippen LogP contribution in [0.25, 0.3) is 10.9 Å². The Bertz CT molecular complexity index is 942. The number of carbonyl (C=O) groups is 1. The summed E-state index contributed by atoms with van der Waals surface area (Å²) in [6.07, 6.45) is 0. The number of hydrogen-bond donors (Lipinski definition) is 3. The van der Waals surface area contributed by atoms with E-state index >= 15 is 0 Å². The molecule has 1 aliphatic rings. The second-order valence-electron chi connectivity index (χ2n) is 6.55. The van der Waals surface area contributed by atoms with Crippen LogP contribution >= 0.6 is 0 Å². The minimum atomic E-state index is -0.179. The van der Waals surface area contributed by atoms with Gasteiger partial charge < -0.3 is 20.9 Å². The van der Waals surface area contributed by atoms with Gasteiger partial charge in [0.1, 0.15) is 0 Å². The zero-order valence-corrected chi connectivity index (χ0v) is 13.8. The summed E-state index contributed by atoms with van der Waals surface area (Å²) in [5, 5.41) is 4.26. The van der Waals surface area contributed by atoms with Crippen LogP contribution < -0.4 is 11.1 Å². The molecule has 0 aliphatic carbocycles. The number of nitrogen functional groups attached to an aromatic ring is 1. The summed E-state index contributed by atoms with van der Waals surface area (Å²) in [7, 11) is 4.07. The van der Waals surface area contributed by atoms with Gasteiger partial charge in [-0.25, -0.2) is 0 Å². The highest BCUT2D eigenvalue weighted by atomic mass is 16.2. The van der Waals surface area contributed by atoms with E-state index in [0.29, 0.717) is 11.3 Å². The van der Waals surface area contributed by atoms with Crippen molar-refractivity contribution in [2.75, 3.05) is 19.8 Å². The normalized spacial score (nSPS) is 16.6. The molecule has 1 atom stereocenters. The Balaban J connectivity index is 1.94. The van der Waals surface area contributed by atoms with Crippen molar-refractivity contribution < 1.29 is 4.79 Å². The number of nitrogens with one attached hydrogen (secondary N) is 2. The quantitative estimate of drug-likeness (QED) is 0.650. The molecule has 2 heterocycles. The molecule has 0 saturated carbocycles. The van der Waals surface area contributed by atoms with E-state index < -0.39 is 0 Å². The van der Waals surface area contributed by atoms with Crippen LogP contribution in [0.3, 0.4) is 0 Å². The van der Waals surface area contributed by atoms with Gasteiger partial charge in [-0.05, 0) is 43.9 Å². The molecule has 122 valence electrons. The number of carbonyl (C=O) groups excluding carboxylic acids is 1. The average Bonchev–Trinajstić information content (AvgIpc) is 3.04. The first-order chi connectivity index (χ1) is 11.5. The summed E-state index contributed by atoms with van der Waals surface area (Å²) in [5.41, 5.74) is 11.6. The summed E-state index contributed by atoms with van der Waals surface area (Å²) in [6, 6.07) is 13.5. The van der Waals surface area contributed by atoms with Gasteiger partial charge in [0.15, 0.2) is 0 Å². The van der Waals surface area contributed by atoms with Crippen LogP contribution in [0.1, 0.15) is 33.2 Å². The number of H-pyrrole nitrogens is 1. The third-order valence-corrected chi connectivity index (χ3v) is 4.50. The molecule has 24 heavy (non-hydrogen) atoms. The lowest BCUT2D eigenvalue weighted by molar-refractivity contribution is 0.0960. The van der Waals surface area contributed by atoms with Gasteiger partial charge >= 0.3 is 0 Å². The molecule has 0 radical (unpaired) electrons. The summed E-state index contributed by atoms with van der Waals surface area (Å²) < 4.78 is 0. The molecule has 1 unspecified atom stereocenters. The average molecular weight is 320 g/mol. The highest BCUT2D eigenvalue weighted by Crippen LogP contribution is 2.38. The van der Waals surface area contributed by atoms with Crippen LogP contribution in [0.2, 0.25) is 0 Å². The van der Waals surface area contributed by atoms with E-state index in [1.165, 1.54) is 0 Å². The molecule has 5 nitrogen and oxygen atoms in total. The van der Waals surface area contributed by atoms with Gasteiger partial charge in [0.2, 0.25) is 0 Å². The molecular weight excluding hydrogens is 300 g/mol. The Hall–Kier alpha value is -2.79. The lowest BCUT2D eigenvalue weighted by Crippen LogP contribution is -2.22. The van der Waals surface area contributed by atoms with Crippen LogP contribution in [-0.4, -0.2) is 29.9 Å². The number of hydrogen-bond acceptors (Lipinski definition) is 3. The van der Waals surface area contributed by atoms with Crippen molar-refractivity contribution in [2.24, 2.45) is 0 Å². The van der Waals surface area contributed by atoms with Crippen molar-refractivity contribution in [3.05, 3.63) is 64.8 Å². The zero-order valence-electron chi connectivity index (χ0n) is 13.8. The number of aromatic nitrogens is 1. The number of amides is 1. The van der Waals surface area contributed by atoms with Crippen molar-refractivity contribution in [1.82, 2.24) is 15.2 Å². The minimum Gasteiger partial charge on any atom is -0.399 e. The molecule has 1 amide bonds. The summed E-state index contributed by atoms with van der Waals surface area (Å²) in [6.45, 7) is 0.772. The van der Waals surface area contributed by atoms with E-state index in [0.717, 1.165) is 34.3 Å². The fourth-order valence-corrected chi connectivity index (χ4v) is 3.53. The standard InChI is InChI=1S/C19H20N4O/c1-23(2)10-16-17(13-5-3-4-6-15(13)21-16)18-14-9-11(20)7-8-12(14)19(24)22-18/h3-9,18,21H,10,20H2,1-2H3,(H,22,24). The number of nitrogens with two attached hydrogens (primary N) is 1. The third kappa shape index (κ3) is 2.25. The Kier molecular flexibility index (Phi) is 3.32. The van der Waals surface area contributed by atoms with Crippen LogP contribution in [-0.2, 0) is 6.54 Å². The van der Waals surface area contributed by atoms with Gasteiger partial charge in [0.25, 0.3) is 5.91 Å². The Morgan fingerprint density at radius 2 is 1.96 bits per heavy atom. The van der Waals surface area contributed by atoms with Crippen LogP contribution in [0, 0.1) is 0 Å². The number of anilines is 1. The lowest BCUT2D eigenvalue weighted by atomic mass is 9.95. The highest BCUT2D eigenvalue weighted by molar-refractivity contribution is 6.01. The Morgan fingerprint density at radius 3 is 2.75 bits per heavy atom. The first-order valence-electron chi connectivity index (χ1n) is 7.99. The molecule has 0 saturated heterocycles. The number of fused-ring (bicyclic) bond motifs is 2. The molecule has 4 N–H and O–H groups in total. The number of aromatic amines is 1. The number of para-hydroxylation sites is 1. The van der Waals surface area contributed by atoms with Crippen LogP contribution in [0.4, 0.5) is 5.69 Å².